The fraction of sp³-hybridized carbons (Fsp3) is 0.263. The van der Waals surface area contributed by atoms with Gasteiger partial charge in [0.15, 0.2) is 6.61 Å². The molecule has 0 heterocycles. The lowest BCUT2D eigenvalue weighted by molar-refractivity contribution is -0.118. The summed E-state index contributed by atoms with van der Waals surface area (Å²) < 4.78 is 32.0. The minimum absolute atomic E-state index is 0.119. The number of carbonyl (C=O) groups excluding carboxylic acids is 2. The van der Waals surface area contributed by atoms with Crippen LogP contribution < -0.4 is 20.5 Å². The minimum atomic E-state index is -3.57. The van der Waals surface area contributed by atoms with Crippen LogP contribution in [0, 0.1) is 0 Å². The summed E-state index contributed by atoms with van der Waals surface area (Å²) in [6, 6.07) is 12.3. The molecule has 150 valence electrons. The van der Waals surface area contributed by atoms with Gasteiger partial charge in [0.05, 0.1) is 11.3 Å². The Hall–Kier alpha value is -2.91. The number of amides is 2. The van der Waals surface area contributed by atoms with Gasteiger partial charge in [0.25, 0.3) is 5.91 Å². The van der Waals surface area contributed by atoms with E-state index < -0.39 is 15.9 Å². The number of carbonyl (C=O) groups is 2. The van der Waals surface area contributed by atoms with Crippen LogP contribution in [0.5, 0.6) is 5.75 Å². The highest BCUT2D eigenvalue weighted by Crippen LogP contribution is 2.16. The third kappa shape index (κ3) is 6.67. The van der Waals surface area contributed by atoms with Crippen molar-refractivity contribution in [2.45, 2.75) is 31.2 Å². The van der Waals surface area contributed by atoms with Crippen LogP contribution in [0.1, 0.15) is 19.4 Å². The van der Waals surface area contributed by atoms with Crippen LogP contribution in [0.25, 0.3) is 0 Å². The van der Waals surface area contributed by atoms with Gasteiger partial charge in [-0.3, -0.25) is 9.59 Å². The van der Waals surface area contributed by atoms with Gasteiger partial charge in [-0.15, -0.1) is 0 Å². The SMILES string of the molecule is CC(C)NS(=O)(=O)c1ccc(OCC(=O)Nc2ccc(CC(N)=O)cc2)cc1. The summed E-state index contributed by atoms with van der Waals surface area (Å²) in [7, 11) is -3.57. The van der Waals surface area contributed by atoms with Crippen molar-refractivity contribution in [2.24, 2.45) is 5.73 Å². The molecule has 0 aliphatic heterocycles. The predicted octanol–water partition coefficient (Wildman–Crippen LogP) is 1.42. The molecule has 2 aromatic carbocycles. The number of primary amides is 1. The molecule has 2 aromatic rings. The van der Waals surface area contributed by atoms with Gasteiger partial charge in [-0.25, -0.2) is 13.1 Å². The van der Waals surface area contributed by atoms with Gasteiger partial charge in [-0.1, -0.05) is 12.1 Å². The van der Waals surface area contributed by atoms with Crippen molar-refractivity contribution in [1.82, 2.24) is 4.72 Å². The second kappa shape index (κ2) is 9.34. The summed E-state index contributed by atoms with van der Waals surface area (Å²) in [6.45, 7) is 3.23. The lowest BCUT2D eigenvalue weighted by atomic mass is 10.1. The largest absolute Gasteiger partial charge is 0.484 e. The van der Waals surface area contributed by atoms with Crippen molar-refractivity contribution < 1.29 is 22.7 Å². The van der Waals surface area contributed by atoms with Crippen molar-refractivity contribution in [3.63, 3.8) is 0 Å². The Bertz CT molecular complexity index is 923. The smallest absolute Gasteiger partial charge is 0.262 e. The molecule has 0 aliphatic carbocycles. The van der Waals surface area contributed by atoms with Gasteiger partial charge in [-0.05, 0) is 55.8 Å². The first-order valence-corrected chi connectivity index (χ1v) is 10.1. The summed E-state index contributed by atoms with van der Waals surface area (Å²) in [6.07, 6.45) is 0.135. The second-order valence-electron chi connectivity index (χ2n) is 6.42. The highest BCUT2D eigenvalue weighted by molar-refractivity contribution is 7.89. The molecule has 0 fully saturated rings. The molecule has 0 aromatic heterocycles. The lowest BCUT2D eigenvalue weighted by Crippen LogP contribution is -2.30. The Morgan fingerprint density at radius 3 is 2.18 bits per heavy atom. The van der Waals surface area contributed by atoms with Gasteiger partial charge >= 0.3 is 0 Å². The summed E-state index contributed by atoms with van der Waals surface area (Å²) in [5, 5.41) is 2.66. The fourth-order valence-corrected chi connectivity index (χ4v) is 3.60. The van der Waals surface area contributed by atoms with Crippen LogP contribution >= 0.6 is 0 Å². The highest BCUT2D eigenvalue weighted by atomic mass is 32.2. The Morgan fingerprint density at radius 2 is 1.64 bits per heavy atom. The van der Waals surface area contributed by atoms with Gasteiger partial charge in [0, 0.05) is 11.7 Å². The number of ether oxygens (including phenoxy) is 1. The molecule has 9 heteroatoms. The van der Waals surface area contributed by atoms with E-state index in [0.717, 1.165) is 5.56 Å². The summed E-state index contributed by atoms with van der Waals surface area (Å²) >= 11 is 0. The monoisotopic (exact) mass is 405 g/mol. The van der Waals surface area contributed by atoms with Crippen LogP contribution in [0.2, 0.25) is 0 Å². The maximum atomic E-state index is 12.1. The first kappa shape index (κ1) is 21.4. The van der Waals surface area contributed by atoms with E-state index in [-0.39, 0.29) is 29.9 Å². The van der Waals surface area contributed by atoms with Crippen LogP contribution in [0.3, 0.4) is 0 Å². The van der Waals surface area contributed by atoms with E-state index in [2.05, 4.69) is 10.0 Å². The quantitative estimate of drug-likeness (QED) is 0.581. The number of benzene rings is 2. The van der Waals surface area contributed by atoms with E-state index in [1.165, 1.54) is 24.3 Å². The maximum absolute atomic E-state index is 12.1. The van der Waals surface area contributed by atoms with E-state index in [4.69, 9.17) is 10.5 Å². The Balaban J connectivity index is 1.88. The van der Waals surface area contributed by atoms with Crippen LogP contribution in [-0.4, -0.2) is 32.9 Å². The molecule has 4 N–H and O–H groups in total. The maximum Gasteiger partial charge on any atom is 0.262 e. The van der Waals surface area contributed by atoms with E-state index in [9.17, 15) is 18.0 Å². The number of hydrogen-bond donors (Lipinski definition) is 3. The third-order valence-corrected chi connectivity index (χ3v) is 5.19. The molecule has 0 spiro atoms. The second-order valence-corrected chi connectivity index (χ2v) is 8.14. The third-order valence-electron chi connectivity index (χ3n) is 3.51. The summed E-state index contributed by atoms with van der Waals surface area (Å²) in [4.78, 5) is 23.0. The molecule has 0 radical (unpaired) electrons. The number of anilines is 1. The molecule has 0 bridgehead atoms. The Kier molecular flexibility index (Phi) is 7.13. The number of nitrogens with two attached hydrogens (primary N) is 1. The highest BCUT2D eigenvalue weighted by Gasteiger charge is 2.15. The molecule has 0 saturated heterocycles. The van der Waals surface area contributed by atoms with Crippen molar-refractivity contribution >= 4 is 27.5 Å². The number of rotatable bonds is 9. The predicted molar refractivity (Wildman–Crippen MR) is 105 cm³/mol. The normalized spacial score (nSPS) is 11.2. The van der Waals surface area contributed by atoms with Crippen molar-refractivity contribution in [3.05, 3.63) is 54.1 Å². The summed E-state index contributed by atoms with van der Waals surface area (Å²) in [5.74, 6) is -0.430. The van der Waals surface area contributed by atoms with E-state index in [0.29, 0.717) is 11.4 Å². The first-order chi connectivity index (χ1) is 13.2. The van der Waals surface area contributed by atoms with Crippen molar-refractivity contribution in [3.8, 4) is 5.75 Å². The van der Waals surface area contributed by atoms with Gasteiger partial charge in [-0.2, -0.15) is 0 Å². The van der Waals surface area contributed by atoms with Crippen molar-refractivity contribution in [2.75, 3.05) is 11.9 Å². The molecule has 0 saturated carbocycles. The Morgan fingerprint density at radius 1 is 1.04 bits per heavy atom. The zero-order chi connectivity index (χ0) is 20.7. The van der Waals surface area contributed by atoms with E-state index in [1.807, 2.05) is 0 Å². The number of sulfonamides is 1. The van der Waals surface area contributed by atoms with Crippen LogP contribution in [0.4, 0.5) is 5.69 Å². The molecule has 0 atom stereocenters. The average molecular weight is 405 g/mol. The zero-order valence-electron chi connectivity index (χ0n) is 15.6. The number of nitrogens with one attached hydrogen (secondary N) is 2. The van der Waals surface area contributed by atoms with Crippen LogP contribution in [0.15, 0.2) is 53.4 Å². The van der Waals surface area contributed by atoms with E-state index in [1.54, 1.807) is 38.1 Å². The van der Waals surface area contributed by atoms with Crippen LogP contribution in [-0.2, 0) is 26.0 Å². The molecule has 0 aliphatic rings. The zero-order valence-corrected chi connectivity index (χ0v) is 16.5. The molecular formula is C19H23N3O5S. The molecule has 2 amide bonds. The standard InChI is InChI=1S/C19H23N3O5S/c1-13(2)22-28(25,26)17-9-7-16(8-10-17)27-12-19(24)21-15-5-3-14(4-6-15)11-18(20)23/h3-10,13,22H,11-12H2,1-2H3,(H2,20,23)(H,21,24). The van der Waals surface area contributed by atoms with E-state index >= 15 is 0 Å². The number of hydrogen-bond acceptors (Lipinski definition) is 5. The first-order valence-electron chi connectivity index (χ1n) is 8.58. The molecule has 0 unspecified atom stereocenters. The molecule has 2 rings (SSSR count). The topological polar surface area (TPSA) is 128 Å². The van der Waals surface area contributed by atoms with Gasteiger partial charge in [0.2, 0.25) is 15.9 Å². The minimum Gasteiger partial charge on any atom is -0.484 e. The Labute approximate surface area is 164 Å². The fourth-order valence-electron chi connectivity index (χ4n) is 2.35. The molecular weight excluding hydrogens is 382 g/mol. The van der Waals surface area contributed by atoms with Gasteiger partial charge < -0.3 is 15.8 Å². The summed E-state index contributed by atoms with van der Waals surface area (Å²) in [5.41, 5.74) is 6.44. The van der Waals surface area contributed by atoms with Crippen molar-refractivity contribution in [1.29, 1.82) is 0 Å². The lowest BCUT2D eigenvalue weighted by Gasteiger charge is -2.11. The molecule has 28 heavy (non-hydrogen) atoms. The molecule has 8 nitrogen and oxygen atoms in total. The average Bonchev–Trinajstić information content (AvgIpc) is 2.60. The van der Waals surface area contributed by atoms with Gasteiger partial charge in [0.1, 0.15) is 5.75 Å².